The lowest BCUT2D eigenvalue weighted by Gasteiger charge is -2.06. The maximum absolute atomic E-state index is 13.1. The number of halogens is 2. The van der Waals surface area contributed by atoms with Crippen LogP contribution in [0.2, 0.25) is 5.15 Å². The molecule has 0 aliphatic rings. The number of hydrogen-bond donors (Lipinski definition) is 1. The summed E-state index contributed by atoms with van der Waals surface area (Å²) in [5.41, 5.74) is 2.31. The molecule has 26 heavy (non-hydrogen) atoms. The maximum atomic E-state index is 13.1. The van der Waals surface area contributed by atoms with Crippen LogP contribution >= 0.6 is 11.6 Å². The van der Waals surface area contributed by atoms with Gasteiger partial charge in [0.1, 0.15) is 16.5 Å². The molecule has 5 nitrogen and oxygen atoms in total. The fraction of sp³-hybridized carbons (Fsp3) is 0.105. The number of aromatic nitrogens is 2. The lowest BCUT2D eigenvalue weighted by molar-refractivity contribution is 0.101. The summed E-state index contributed by atoms with van der Waals surface area (Å²) < 4.78 is 14.5. The fourth-order valence-electron chi connectivity index (χ4n) is 2.49. The molecule has 0 bridgehead atoms. The summed E-state index contributed by atoms with van der Waals surface area (Å²) in [6.07, 6.45) is 0. The zero-order chi connectivity index (χ0) is 18.8. The number of rotatable bonds is 4. The van der Waals surface area contributed by atoms with Gasteiger partial charge in [-0.1, -0.05) is 11.6 Å². The third-order valence-electron chi connectivity index (χ3n) is 3.85. The highest BCUT2D eigenvalue weighted by molar-refractivity contribution is 6.34. The monoisotopic (exact) mass is 371 g/mol. The highest BCUT2D eigenvalue weighted by Gasteiger charge is 2.21. The van der Waals surface area contributed by atoms with Crippen LogP contribution in [0, 0.1) is 12.7 Å². The Labute approximate surface area is 154 Å². The van der Waals surface area contributed by atoms with E-state index in [1.54, 1.807) is 31.2 Å². The number of carbonyl (C=O) groups is 2. The van der Waals surface area contributed by atoms with Gasteiger partial charge in [-0.25, -0.2) is 9.07 Å². The Hall–Kier alpha value is -2.99. The number of anilines is 1. The molecule has 1 heterocycles. The number of carbonyl (C=O) groups excluding carboxylic acids is 2. The first-order valence-electron chi connectivity index (χ1n) is 7.80. The van der Waals surface area contributed by atoms with E-state index in [0.717, 1.165) is 0 Å². The molecule has 0 unspecified atom stereocenters. The van der Waals surface area contributed by atoms with Gasteiger partial charge in [0, 0.05) is 11.3 Å². The van der Waals surface area contributed by atoms with Crippen molar-refractivity contribution >= 4 is 29.0 Å². The molecule has 3 aromatic rings. The molecule has 0 saturated heterocycles. The van der Waals surface area contributed by atoms with Crippen LogP contribution in [0.1, 0.15) is 33.3 Å². The number of hydrogen-bond acceptors (Lipinski definition) is 3. The molecule has 0 fully saturated rings. The Morgan fingerprint density at radius 1 is 1.08 bits per heavy atom. The van der Waals surface area contributed by atoms with Crippen LogP contribution in [0.25, 0.3) is 5.69 Å². The average Bonchev–Trinajstić information content (AvgIpc) is 2.90. The third kappa shape index (κ3) is 3.50. The van der Waals surface area contributed by atoms with Gasteiger partial charge in [-0.2, -0.15) is 5.10 Å². The number of Topliss-reactive ketones (excluding diaryl/α,β-unsaturated/α-hetero) is 1. The summed E-state index contributed by atoms with van der Waals surface area (Å²) in [6, 6.07) is 12.2. The number of nitrogens with zero attached hydrogens (tertiary/aromatic N) is 2. The van der Waals surface area contributed by atoms with Gasteiger partial charge in [-0.05, 0) is 62.4 Å². The summed E-state index contributed by atoms with van der Waals surface area (Å²) in [4.78, 5) is 23.9. The van der Waals surface area contributed by atoms with Crippen molar-refractivity contribution in [2.24, 2.45) is 0 Å². The van der Waals surface area contributed by atoms with E-state index in [2.05, 4.69) is 10.4 Å². The van der Waals surface area contributed by atoms with Crippen LogP contribution in [0.15, 0.2) is 48.5 Å². The predicted octanol–water partition coefficient (Wildman–Crippen LogP) is 4.43. The predicted molar refractivity (Wildman–Crippen MR) is 97.7 cm³/mol. The Kier molecular flexibility index (Phi) is 4.86. The molecule has 0 spiro atoms. The minimum absolute atomic E-state index is 0.0534. The molecular weight excluding hydrogens is 357 g/mol. The Morgan fingerprint density at radius 3 is 2.27 bits per heavy atom. The second-order valence-electron chi connectivity index (χ2n) is 5.73. The SMILES string of the molecule is CC(=O)c1ccc(NC(=O)c2c(C)nn(-c3ccc(F)cc3)c2Cl)cc1. The van der Waals surface area contributed by atoms with E-state index >= 15 is 0 Å². The quantitative estimate of drug-likeness (QED) is 0.690. The summed E-state index contributed by atoms with van der Waals surface area (Å²) in [7, 11) is 0. The Balaban J connectivity index is 1.88. The minimum atomic E-state index is -0.420. The smallest absolute Gasteiger partial charge is 0.260 e. The molecule has 7 heteroatoms. The molecule has 0 radical (unpaired) electrons. The highest BCUT2D eigenvalue weighted by atomic mass is 35.5. The fourth-order valence-corrected chi connectivity index (χ4v) is 2.85. The highest BCUT2D eigenvalue weighted by Crippen LogP contribution is 2.25. The maximum Gasteiger partial charge on any atom is 0.260 e. The summed E-state index contributed by atoms with van der Waals surface area (Å²) in [5, 5.41) is 7.13. The standard InChI is InChI=1S/C19H15ClFN3O2/c1-11-17(18(20)24(23-11)16-9-5-14(21)6-10-16)19(26)22-15-7-3-13(4-8-15)12(2)25/h3-10H,1-2H3,(H,22,26). The number of nitrogens with one attached hydrogen (secondary N) is 1. The summed E-state index contributed by atoms with van der Waals surface area (Å²) >= 11 is 6.33. The third-order valence-corrected chi connectivity index (χ3v) is 4.20. The van der Waals surface area contributed by atoms with Gasteiger partial charge in [-0.15, -0.1) is 0 Å². The van der Waals surface area contributed by atoms with Crippen LogP contribution in [0.3, 0.4) is 0 Å². The number of aryl methyl sites for hydroxylation is 1. The van der Waals surface area contributed by atoms with Gasteiger partial charge >= 0.3 is 0 Å². The van der Waals surface area contributed by atoms with Crippen LogP contribution in [0.5, 0.6) is 0 Å². The zero-order valence-corrected chi connectivity index (χ0v) is 14.8. The van der Waals surface area contributed by atoms with Gasteiger partial charge < -0.3 is 5.32 Å². The molecule has 1 aromatic heterocycles. The van der Waals surface area contributed by atoms with Crippen molar-refractivity contribution in [1.29, 1.82) is 0 Å². The van der Waals surface area contributed by atoms with E-state index < -0.39 is 5.91 Å². The topological polar surface area (TPSA) is 64.0 Å². The van der Waals surface area contributed by atoms with Crippen LogP contribution in [-0.2, 0) is 0 Å². The number of benzene rings is 2. The molecule has 132 valence electrons. The minimum Gasteiger partial charge on any atom is -0.322 e. The van der Waals surface area contributed by atoms with Crippen LogP contribution < -0.4 is 5.32 Å². The lowest BCUT2D eigenvalue weighted by Crippen LogP contribution is -2.13. The zero-order valence-electron chi connectivity index (χ0n) is 14.1. The van der Waals surface area contributed by atoms with Crippen molar-refractivity contribution in [3.63, 3.8) is 0 Å². The second kappa shape index (κ2) is 7.09. The van der Waals surface area contributed by atoms with Crippen molar-refractivity contribution in [3.05, 3.63) is 76.3 Å². The molecule has 0 atom stereocenters. The first-order chi connectivity index (χ1) is 12.4. The largest absolute Gasteiger partial charge is 0.322 e. The molecule has 0 saturated carbocycles. The van der Waals surface area contributed by atoms with Crippen molar-refractivity contribution < 1.29 is 14.0 Å². The van der Waals surface area contributed by atoms with Crippen LogP contribution in [-0.4, -0.2) is 21.5 Å². The first kappa shape index (κ1) is 17.8. The molecule has 2 aromatic carbocycles. The normalized spacial score (nSPS) is 10.6. The summed E-state index contributed by atoms with van der Waals surface area (Å²) in [5.74, 6) is -0.848. The number of amides is 1. The second-order valence-corrected chi connectivity index (χ2v) is 6.09. The Morgan fingerprint density at radius 2 is 1.69 bits per heavy atom. The van der Waals surface area contributed by atoms with Gasteiger partial charge in [0.2, 0.25) is 0 Å². The molecular formula is C19H15ClFN3O2. The van der Waals surface area contributed by atoms with Crippen molar-refractivity contribution in [3.8, 4) is 5.69 Å². The lowest BCUT2D eigenvalue weighted by atomic mass is 10.1. The molecule has 3 rings (SSSR count). The van der Waals surface area contributed by atoms with E-state index in [1.807, 2.05) is 0 Å². The van der Waals surface area contributed by atoms with Crippen molar-refractivity contribution in [1.82, 2.24) is 9.78 Å². The van der Waals surface area contributed by atoms with Gasteiger partial charge in [0.15, 0.2) is 5.78 Å². The van der Waals surface area contributed by atoms with E-state index in [9.17, 15) is 14.0 Å². The van der Waals surface area contributed by atoms with E-state index in [0.29, 0.717) is 22.6 Å². The van der Waals surface area contributed by atoms with Crippen LogP contribution in [0.4, 0.5) is 10.1 Å². The van der Waals surface area contributed by atoms with E-state index in [-0.39, 0.29) is 22.3 Å². The molecule has 1 amide bonds. The van der Waals surface area contributed by atoms with E-state index in [1.165, 1.54) is 35.9 Å². The first-order valence-corrected chi connectivity index (χ1v) is 8.18. The molecule has 0 aliphatic heterocycles. The molecule has 0 aliphatic carbocycles. The Bertz CT molecular complexity index is 979. The molecule has 1 N–H and O–H groups in total. The van der Waals surface area contributed by atoms with Gasteiger partial charge in [-0.3, -0.25) is 9.59 Å². The number of ketones is 1. The van der Waals surface area contributed by atoms with Gasteiger partial charge in [0.05, 0.1) is 11.4 Å². The van der Waals surface area contributed by atoms with Crippen molar-refractivity contribution in [2.75, 3.05) is 5.32 Å². The van der Waals surface area contributed by atoms with E-state index in [4.69, 9.17) is 11.6 Å². The average molecular weight is 372 g/mol. The van der Waals surface area contributed by atoms with Crippen molar-refractivity contribution in [2.45, 2.75) is 13.8 Å². The van der Waals surface area contributed by atoms with Gasteiger partial charge in [0.25, 0.3) is 5.91 Å². The summed E-state index contributed by atoms with van der Waals surface area (Å²) in [6.45, 7) is 3.14.